The summed E-state index contributed by atoms with van der Waals surface area (Å²) in [6.07, 6.45) is 1.49. The van der Waals surface area contributed by atoms with Gasteiger partial charge in [-0.1, -0.05) is 17.7 Å². The van der Waals surface area contributed by atoms with Gasteiger partial charge in [0.1, 0.15) is 0 Å². The molecule has 0 saturated heterocycles. The van der Waals surface area contributed by atoms with Gasteiger partial charge in [0.05, 0.1) is 34.1 Å². The van der Waals surface area contributed by atoms with Gasteiger partial charge in [-0.25, -0.2) is 5.43 Å². The van der Waals surface area contributed by atoms with Crippen LogP contribution in [0.5, 0.6) is 17.2 Å². The van der Waals surface area contributed by atoms with Gasteiger partial charge in [-0.05, 0) is 30.3 Å². The molecule has 0 aromatic heterocycles. The van der Waals surface area contributed by atoms with Gasteiger partial charge < -0.3 is 19.5 Å². The number of carbonyl (C=O) groups is 1. The fraction of sp³-hybridized carbons (Fsp3) is 0.222. The van der Waals surface area contributed by atoms with E-state index in [1.807, 2.05) is 6.07 Å². The van der Waals surface area contributed by atoms with Crippen molar-refractivity contribution in [3.05, 3.63) is 47.0 Å². The summed E-state index contributed by atoms with van der Waals surface area (Å²) in [6, 6.07) is 10.6. The van der Waals surface area contributed by atoms with Crippen molar-refractivity contribution >= 4 is 29.4 Å². The summed E-state index contributed by atoms with van der Waals surface area (Å²) in [6.45, 7) is 0.0624. The van der Waals surface area contributed by atoms with Gasteiger partial charge in [-0.3, -0.25) is 4.79 Å². The van der Waals surface area contributed by atoms with Crippen molar-refractivity contribution in [3.63, 3.8) is 0 Å². The molecule has 0 radical (unpaired) electrons. The number of hydrogen-bond donors (Lipinski definition) is 2. The highest BCUT2D eigenvalue weighted by Gasteiger charge is 2.12. The van der Waals surface area contributed by atoms with Gasteiger partial charge in [0, 0.05) is 16.3 Å². The van der Waals surface area contributed by atoms with Crippen LogP contribution in [-0.4, -0.2) is 40.0 Å². The van der Waals surface area contributed by atoms with Crippen LogP contribution in [0.1, 0.15) is 5.56 Å². The van der Waals surface area contributed by atoms with Crippen molar-refractivity contribution in [2.45, 2.75) is 0 Å². The summed E-state index contributed by atoms with van der Waals surface area (Å²) < 4.78 is 15.8. The molecule has 7 nitrogen and oxygen atoms in total. The number of rotatable bonds is 8. The second-order valence-electron chi connectivity index (χ2n) is 5.12. The predicted octanol–water partition coefficient (Wildman–Crippen LogP) is 2.93. The molecule has 2 N–H and O–H groups in total. The highest BCUT2D eigenvalue weighted by Crippen LogP contribution is 2.37. The summed E-state index contributed by atoms with van der Waals surface area (Å²) in [7, 11) is 4.59. The number of hydrogen-bond acceptors (Lipinski definition) is 6. The maximum absolute atomic E-state index is 11.8. The number of benzene rings is 2. The van der Waals surface area contributed by atoms with E-state index in [0.29, 0.717) is 27.8 Å². The molecule has 0 fully saturated rings. The van der Waals surface area contributed by atoms with E-state index >= 15 is 0 Å². The van der Waals surface area contributed by atoms with Crippen molar-refractivity contribution in [2.75, 3.05) is 33.2 Å². The van der Waals surface area contributed by atoms with E-state index in [4.69, 9.17) is 25.8 Å². The smallest absolute Gasteiger partial charge is 0.259 e. The molecule has 2 rings (SSSR count). The minimum atomic E-state index is -0.298. The topological polar surface area (TPSA) is 81.2 Å². The molecule has 8 heteroatoms. The number of methoxy groups -OCH3 is 3. The number of ether oxygens (including phenoxy) is 3. The summed E-state index contributed by atoms with van der Waals surface area (Å²) in [5, 5.41) is 7.49. The summed E-state index contributed by atoms with van der Waals surface area (Å²) in [4.78, 5) is 11.8. The quantitative estimate of drug-likeness (QED) is 0.546. The molecule has 138 valence electrons. The molecule has 26 heavy (non-hydrogen) atoms. The van der Waals surface area contributed by atoms with Gasteiger partial charge in [-0.2, -0.15) is 5.10 Å². The second kappa shape index (κ2) is 9.53. The van der Waals surface area contributed by atoms with Gasteiger partial charge in [0.25, 0.3) is 5.91 Å². The van der Waals surface area contributed by atoms with E-state index in [9.17, 15) is 4.79 Å². The van der Waals surface area contributed by atoms with E-state index < -0.39 is 0 Å². The Morgan fingerprint density at radius 1 is 1.12 bits per heavy atom. The Morgan fingerprint density at radius 3 is 2.38 bits per heavy atom. The number of halogens is 1. The zero-order valence-electron chi connectivity index (χ0n) is 14.7. The van der Waals surface area contributed by atoms with E-state index in [1.54, 1.807) is 30.3 Å². The predicted molar refractivity (Wildman–Crippen MR) is 102 cm³/mol. The molecule has 0 bridgehead atoms. The van der Waals surface area contributed by atoms with Gasteiger partial charge in [0.2, 0.25) is 5.75 Å². The molecule has 0 aliphatic heterocycles. The van der Waals surface area contributed by atoms with E-state index in [-0.39, 0.29) is 12.5 Å². The molecule has 0 unspecified atom stereocenters. The minimum absolute atomic E-state index is 0.0624. The molecule has 0 atom stereocenters. The standard InChI is InChI=1S/C18H20ClN3O4/c1-24-15-7-12(8-16(25-2)18(15)26-3)10-21-22-17(23)11-20-14-6-4-5-13(19)9-14/h4-10,20H,11H2,1-3H3,(H,22,23). The first kappa shape index (κ1) is 19.4. The average molecular weight is 378 g/mol. The Hall–Kier alpha value is -2.93. The third-order valence-electron chi connectivity index (χ3n) is 3.37. The normalized spacial score (nSPS) is 10.5. The lowest BCUT2D eigenvalue weighted by molar-refractivity contribution is -0.119. The molecule has 2 aromatic carbocycles. The molecular weight excluding hydrogens is 358 g/mol. The van der Waals surface area contributed by atoms with Crippen molar-refractivity contribution in [3.8, 4) is 17.2 Å². The minimum Gasteiger partial charge on any atom is -0.493 e. The van der Waals surface area contributed by atoms with Crippen molar-refractivity contribution in [2.24, 2.45) is 5.10 Å². The van der Waals surface area contributed by atoms with Crippen molar-refractivity contribution < 1.29 is 19.0 Å². The number of carbonyl (C=O) groups excluding carboxylic acids is 1. The fourth-order valence-corrected chi connectivity index (χ4v) is 2.37. The van der Waals surface area contributed by atoms with Crippen LogP contribution in [0, 0.1) is 0 Å². The fourth-order valence-electron chi connectivity index (χ4n) is 2.18. The Bertz CT molecular complexity index is 771. The van der Waals surface area contributed by atoms with Crippen LogP contribution in [0.3, 0.4) is 0 Å². The molecule has 2 aromatic rings. The Morgan fingerprint density at radius 2 is 1.81 bits per heavy atom. The third kappa shape index (κ3) is 5.29. The number of nitrogens with one attached hydrogen (secondary N) is 2. The molecule has 0 spiro atoms. The molecule has 0 aliphatic rings. The van der Waals surface area contributed by atoms with Crippen LogP contribution in [0.4, 0.5) is 5.69 Å². The maximum Gasteiger partial charge on any atom is 0.259 e. The van der Waals surface area contributed by atoms with Gasteiger partial charge in [-0.15, -0.1) is 0 Å². The average Bonchev–Trinajstić information content (AvgIpc) is 2.65. The summed E-state index contributed by atoms with van der Waals surface area (Å²) in [5.41, 5.74) is 3.88. The highest BCUT2D eigenvalue weighted by atomic mass is 35.5. The van der Waals surface area contributed by atoms with Crippen molar-refractivity contribution in [1.82, 2.24) is 5.43 Å². The Labute approximate surface area is 156 Å². The third-order valence-corrected chi connectivity index (χ3v) is 3.60. The maximum atomic E-state index is 11.8. The van der Waals surface area contributed by atoms with Crippen LogP contribution in [0.25, 0.3) is 0 Å². The number of amides is 1. The molecule has 0 heterocycles. The molecule has 0 saturated carbocycles. The number of hydrazone groups is 1. The van der Waals surface area contributed by atoms with Gasteiger partial charge >= 0.3 is 0 Å². The first-order valence-electron chi connectivity index (χ1n) is 7.68. The van der Waals surface area contributed by atoms with E-state index in [0.717, 1.165) is 5.69 Å². The lowest BCUT2D eigenvalue weighted by atomic mass is 10.2. The summed E-state index contributed by atoms with van der Waals surface area (Å²) in [5.74, 6) is 1.19. The van der Waals surface area contributed by atoms with Gasteiger partial charge in [0.15, 0.2) is 11.5 Å². The zero-order valence-corrected chi connectivity index (χ0v) is 15.5. The van der Waals surface area contributed by atoms with Crippen LogP contribution in [-0.2, 0) is 4.79 Å². The Kier molecular flexibility index (Phi) is 7.11. The summed E-state index contributed by atoms with van der Waals surface area (Å²) >= 11 is 5.89. The lowest BCUT2D eigenvalue weighted by Gasteiger charge is -2.12. The highest BCUT2D eigenvalue weighted by molar-refractivity contribution is 6.30. The largest absolute Gasteiger partial charge is 0.493 e. The number of anilines is 1. The SMILES string of the molecule is COc1cc(C=NNC(=O)CNc2cccc(Cl)c2)cc(OC)c1OC. The molecular formula is C18H20ClN3O4. The van der Waals surface area contributed by atoms with Crippen LogP contribution in [0.2, 0.25) is 5.02 Å². The lowest BCUT2D eigenvalue weighted by Crippen LogP contribution is -2.25. The first-order valence-corrected chi connectivity index (χ1v) is 8.06. The van der Waals surface area contributed by atoms with E-state index in [2.05, 4.69) is 15.8 Å². The van der Waals surface area contributed by atoms with Crippen LogP contribution < -0.4 is 25.0 Å². The monoisotopic (exact) mass is 377 g/mol. The number of nitrogens with zero attached hydrogens (tertiary/aromatic N) is 1. The molecule has 1 amide bonds. The van der Waals surface area contributed by atoms with Crippen LogP contribution >= 0.6 is 11.6 Å². The van der Waals surface area contributed by atoms with Crippen molar-refractivity contribution in [1.29, 1.82) is 0 Å². The first-order chi connectivity index (χ1) is 12.6. The Balaban J connectivity index is 1.96. The second-order valence-corrected chi connectivity index (χ2v) is 5.55. The molecule has 0 aliphatic carbocycles. The zero-order chi connectivity index (χ0) is 18.9. The van der Waals surface area contributed by atoms with Crippen LogP contribution in [0.15, 0.2) is 41.5 Å². The van der Waals surface area contributed by atoms with E-state index in [1.165, 1.54) is 27.5 Å².